The van der Waals surface area contributed by atoms with Crippen LogP contribution in [0, 0.1) is 0 Å². The Morgan fingerprint density at radius 1 is 1.41 bits per heavy atom. The third-order valence-corrected chi connectivity index (χ3v) is 5.00. The van der Waals surface area contributed by atoms with Crippen LogP contribution in [-0.4, -0.2) is 46.1 Å². The molecule has 2 saturated heterocycles. The van der Waals surface area contributed by atoms with E-state index in [-0.39, 0.29) is 24.5 Å². The lowest BCUT2D eigenvalue weighted by Gasteiger charge is -2.16. The summed E-state index contributed by atoms with van der Waals surface area (Å²) < 4.78 is 0. The van der Waals surface area contributed by atoms with Gasteiger partial charge < -0.3 is 21.5 Å². The van der Waals surface area contributed by atoms with E-state index >= 15 is 0 Å². The van der Waals surface area contributed by atoms with Gasteiger partial charge in [-0.2, -0.15) is 11.8 Å². The summed E-state index contributed by atoms with van der Waals surface area (Å²) in [6.45, 7) is 4.85. The number of fused-ring (bicyclic) bond motifs is 1. The van der Waals surface area contributed by atoms with Crippen molar-refractivity contribution in [2.24, 2.45) is 5.73 Å². The SMILES string of the molecule is C=C(C)C(N)=O.O=C(O)CCCC[C@@H]1SC[C@@H]2NC(=O)N[C@@H]21. The van der Waals surface area contributed by atoms with Crippen LogP contribution < -0.4 is 16.4 Å². The predicted octanol–water partition coefficient (Wildman–Crippen LogP) is 0.845. The molecule has 0 bridgehead atoms. The van der Waals surface area contributed by atoms with E-state index in [0.717, 1.165) is 25.0 Å². The quantitative estimate of drug-likeness (QED) is 0.327. The highest BCUT2D eigenvalue weighted by Gasteiger charge is 2.42. The largest absolute Gasteiger partial charge is 0.481 e. The number of hydrogen-bond acceptors (Lipinski definition) is 4. The molecule has 22 heavy (non-hydrogen) atoms. The van der Waals surface area contributed by atoms with E-state index in [1.165, 1.54) is 0 Å². The van der Waals surface area contributed by atoms with Crippen molar-refractivity contribution < 1.29 is 19.5 Å². The number of amides is 3. The molecule has 8 heteroatoms. The Hall–Kier alpha value is -1.70. The molecule has 0 unspecified atom stereocenters. The van der Waals surface area contributed by atoms with Gasteiger partial charge in [-0.25, -0.2) is 4.79 Å². The molecule has 2 aliphatic heterocycles. The highest BCUT2D eigenvalue weighted by Crippen LogP contribution is 2.33. The zero-order valence-electron chi connectivity index (χ0n) is 12.6. The monoisotopic (exact) mass is 329 g/mol. The summed E-state index contributed by atoms with van der Waals surface area (Å²) in [4.78, 5) is 31.3. The van der Waals surface area contributed by atoms with E-state index in [4.69, 9.17) is 10.8 Å². The standard InChI is InChI=1S/C10H16N2O3S.C4H7NO/c13-8(14)4-2-1-3-7-9-6(5-16-7)11-10(15)12-9;1-3(2)4(5)6/h6-7,9H,1-5H2,(H,13,14)(H2,11,12,15);1H2,2H3,(H2,5,6)/t6-,7-,9-;/m0./s1. The number of nitrogens with one attached hydrogen (secondary N) is 2. The van der Waals surface area contributed by atoms with Crippen molar-refractivity contribution >= 4 is 29.7 Å². The van der Waals surface area contributed by atoms with Gasteiger partial charge in [0, 0.05) is 23.0 Å². The average molecular weight is 329 g/mol. The van der Waals surface area contributed by atoms with Crippen LogP contribution in [0.25, 0.3) is 0 Å². The van der Waals surface area contributed by atoms with Crippen LogP contribution >= 0.6 is 11.8 Å². The zero-order valence-corrected chi connectivity index (χ0v) is 13.4. The van der Waals surface area contributed by atoms with Gasteiger partial charge in [0.25, 0.3) is 0 Å². The Morgan fingerprint density at radius 2 is 2.05 bits per heavy atom. The molecule has 7 nitrogen and oxygen atoms in total. The molecule has 124 valence electrons. The van der Waals surface area contributed by atoms with Crippen molar-refractivity contribution in [3.8, 4) is 0 Å². The number of nitrogens with two attached hydrogens (primary N) is 1. The molecule has 0 aromatic rings. The number of unbranched alkanes of at least 4 members (excludes halogenated alkanes) is 1. The molecule has 0 aliphatic carbocycles. The second-order valence-electron chi connectivity index (χ2n) is 5.41. The normalized spacial score (nSPS) is 25.3. The summed E-state index contributed by atoms with van der Waals surface area (Å²) in [5.74, 6) is -0.199. The van der Waals surface area contributed by atoms with Crippen molar-refractivity contribution in [2.45, 2.75) is 49.9 Å². The van der Waals surface area contributed by atoms with Crippen LogP contribution in [0.5, 0.6) is 0 Å². The highest BCUT2D eigenvalue weighted by molar-refractivity contribution is 8.00. The summed E-state index contributed by atoms with van der Waals surface area (Å²) in [7, 11) is 0. The number of carbonyl (C=O) groups excluding carboxylic acids is 2. The van der Waals surface area contributed by atoms with E-state index in [9.17, 15) is 14.4 Å². The first-order chi connectivity index (χ1) is 10.3. The minimum atomic E-state index is -0.729. The molecule has 0 aromatic carbocycles. The molecule has 3 atom stereocenters. The summed E-state index contributed by atoms with van der Waals surface area (Å²) in [6.07, 6.45) is 2.88. The lowest BCUT2D eigenvalue weighted by Crippen LogP contribution is -2.36. The van der Waals surface area contributed by atoms with Gasteiger partial charge in [0.15, 0.2) is 0 Å². The minimum absolute atomic E-state index is 0.0640. The summed E-state index contributed by atoms with van der Waals surface area (Å²) in [6, 6.07) is 0.440. The molecule has 0 aromatic heterocycles. The maximum absolute atomic E-state index is 11.1. The van der Waals surface area contributed by atoms with Crippen molar-refractivity contribution in [2.75, 3.05) is 5.75 Å². The molecule has 0 spiro atoms. The van der Waals surface area contributed by atoms with Crippen molar-refractivity contribution in [1.82, 2.24) is 10.6 Å². The van der Waals surface area contributed by atoms with E-state index in [1.54, 1.807) is 6.92 Å². The van der Waals surface area contributed by atoms with Crippen LogP contribution in [0.2, 0.25) is 0 Å². The van der Waals surface area contributed by atoms with Crippen LogP contribution in [0.4, 0.5) is 4.79 Å². The van der Waals surface area contributed by atoms with E-state index in [0.29, 0.717) is 10.8 Å². The topological polar surface area (TPSA) is 122 Å². The van der Waals surface area contributed by atoms with Crippen LogP contribution in [0.3, 0.4) is 0 Å². The molecule has 5 N–H and O–H groups in total. The van der Waals surface area contributed by atoms with Crippen molar-refractivity contribution in [3.63, 3.8) is 0 Å². The second kappa shape index (κ2) is 8.67. The molecule has 0 radical (unpaired) electrons. The maximum atomic E-state index is 11.1. The number of primary amides is 1. The van der Waals surface area contributed by atoms with E-state index in [1.807, 2.05) is 11.8 Å². The Bertz CT molecular complexity index is 443. The van der Waals surface area contributed by atoms with Gasteiger partial charge in [0.05, 0.1) is 12.1 Å². The molecule has 2 fully saturated rings. The van der Waals surface area contributed by atoms with Gasteiger partial charge in [-0.05, 0) is 19.8 Å². The lowest BCUT2D eigenvalue weighted by atomic mass is 10.0. The molecular formula is C14H23N3O4S. The fraction of sp³-hybridized carbons (Fsp3) is 0.643. The number of rotatable bonds is 6. The number of thioether (sulfide) groups is 1. The van der Waals surface area contributed by atoms with E-state index < -0.39 is 11.9 Å². The first-order valence-electron chi connectivity index (χ1n) is 7.17. The molecule has 2 aliphatic rings. The average Bonchev–Trinajstić information content (AvgIpc) is 2.95. The van der Waals surface area contributed by atoms with Crippen molar-refractivity contribution in [3.05, 3.63) is 12.2 Å². The van der Waals surface area contributed by atoms with Crippen LogP contribution in [-0.2, 0) is 9.59 Å². The number of hydrogen-bond donors (Lipinski definition) is 4. The number of carbonyl (C=O) groups is 3. The third kappa shape index (κ3) is 5.97. The summed E-state index contributed by atoms with van der Waals surface area (Å²) in [5, 5.41) is 14.8. The fourth-order valence-electron chi connectivity index (χ4n) is 2.26. The van der Waals surface area contributed by atoms with Gasteiger partial charge in [0.1, 0.15) is 0 Å². The summed E-state index contributed by atoms with van der Waals surface area (Å²) in [5.41, 5.74) is 5.09. The van der Waals surface area contributed by atoms with Gasteiger partial charge in [-0.1, -0.05) is 13.0 Å². The summed E-state index contributed by atoms with van der Waals surface area (Å²) >= 11 is 1.87. The van der Waals surface area contributed by atoms with Crippen molar-refractivity contribution in [1.29, 1.82) is 0 Å². The Labute approximate surface area is 134 Å². The van der Waals surface area contributed by atoms with Gasteiger partial charge >= 0.3 is 12.0 Å². The van der Waals surface area contributed by atoms with E-state index in [2.05, 4.69) is 17.2 Å². The minimum Gasteiger partial charge on any atom is -0.481 e. The number of carboxylic acid groups (broad SMARTS) is 1. The molecule has 0 saturated carbocycles. The predicted molar refractivity (Wildman–Crippen MR) is 85.6 cm³/mol. The first-order valence-corrected chi connectivity index (χ1v) is 8.22. The first kappa shape index (κ1) is 18.3. The zero-order chi connectivity index (χ0) is 16.7. The van der Waals surface area contributed by atoms with Crippen LogP contribution in [0.15, 0.2) is 12.2 Å². The van der Waals surface area contributed by atoms with Gasteiger partial charge in [0.2, 0.25) is 5.91 Å². The molecule has 2 rings (SSSR count). The molecule has 3 amide bonds. The maximum Gasteiger partial charge on any atom is 0.315 e. The molecule has 2 heterocycles. The Balaban J connectivity index is 0.000000346. The Kier molecular flexibility index (Phi) is 7.23. The lowest BCUT2D eigenvalue weighted by molar-refractivity contribution is -0.137. The molecular weight excluding hydrogens is 306 g/mol. The third-order valence-electron chi connectivity index (χ3n) is 3.49. The van der Waals surface area contributed by atoms with Crippen LogP contribution in [0.1, 0.15) is 32.6 Å². The van der Waals surface area contributed by atoms with Gasteiger partial charge in [-0.15, -0.1) is 0 Å². The van der Waals surface area contributed by atoms with Gasteiger partial charge in [-0.3, -0.25) is 9.59 Å². The second-order valence-corrected chi connectivity index (χ2v) is 6.68. The fourth-order valence-corrected chi connectivity index (χ4v) is 3.81. The number of carboxylic acids is 1. The Morgan fingerprint density at radius 3 is 2.59 bits per heavy atom. The smallest absolute Gasteiger partial charge is 0.315 e. The highest BCUT2D eigenvalue weighted by atomic mass is 32.2. The number of urea groups is 1. The number of aliphatic carboxylic acids is 1.